The molecule has 0 heterocycles. The first kappa shape index (κ1) is 14.9. The van der Waals surface area contributed by atoms with E-state index >= 15 is 0 Å². The minimum absolute atomic E-state index is 0.243. The van der Waals surface area contributed by atoms with E-state index in [1.165, 1.54) is 5.56 Å². The van der Waals surface area contributed by atoms with Gasteiger partial charge in [0.05, 0.1) is 0 Å². The molecule has 0 bridgehead atoms. The summed E-state index contributed by atoms with van der Waals surface area (Å²) in [7, 11) is 1.96. The average Bonchev–Trinajstić information content (AvgIpc) is 3.22. The lowest BCUT2D eigenvalue weighted by molar-refractivity contribution is -0.145. The molecule has 2 rings (SSSR count). The van der Waals surface area contributed by atoms with Crippen molar-refractivity contribution in [2.45, 2.75) is 32.2 Å². The van der Waals surface area contributed by atoms with E-state index < -0.39 is 11.5 Å². The molecule has 110 valence electrons. The van der Waals surface area contributed by atoms with Gasteiger partial charge >= 0.3 is 5.97 Å². The highest BCUT2D eigenvalue weighted by atomic mass is 16.4. The second-order valence-corrected chi connectivity index (χ2v) is 5.78. The second-order valence-electron chi connectivity index (χ2n) is 5.78. The van der Waals surface area contributed by atoms with Crippen LogP contribution in [0, 0.1) is 12.8 Å². The Bertz CT molecular complexity index is 485. The summed E-state index contributed by atoms with van der Waals surface area (Å²) < 4.78 is 0. The van der Waals surface area contributed by atoms with Crippen molar-refractivity contribution in [3.63, 3.8) is 0 Å². The quantitative estimate of drug-likeness (QED) is 0.802. The van der Waals surface area contributed by atoms with Crippen molar-refractivity contribution in [1.29, 1.82) is 0 Å². The molecule has 20 heavy (non-hydrogen) atoms. The molecule has 1 aromatic carbocycles. The topological polar surface area (TPSA) is 52.6 Å². The summed E-state index contributed by atoms with van der Waals surface area (Å²) in [4.78, 5) is 13.9. The molecule has 1 aliphatic rings. The number of nitrogens with one attached hydrogen (secondary N) is 1. The van der Waals surface area contributed by atoms with Crippen molar-refractivity contribution in [3.8, 4) is 0 Å². The van der Waals surface area contributed by atoms with E-state index in [0.29, 0.717) is 13.1 Å². The number of aliphatic carboxylic acids is 1. The fraction of sp³-hybridized carbons (Fsp3) is 0.562. The van der Waals surface area contributed by atoms with Crippen molar-refractivity contribution < 1.29 is 9.90 Å². The number of aryl methyl sites for hydroxylation is 1. The number of likely N-dealkylation sites (N-methyl/N-ethyl adjacent to an activating group) is 2. The summed E-state index contributed by atoms with van der Waals surface area (Å²) in [6.45, 7) is 5.18. The molecular formula is C16H24N2O2. The second kappa shape index (κ2) is 5.83. The van der Waals surface area contributed by atoms with Gasteiger partial charge in [0, 0.05) is 19.3 Å². The Morgan fingerprint density at radius 1 is 1.50 bits per heavy atom. The van der Waals surface area contributed by atoms with Crippen molar-refractivity contribution in [3.05, 3.63) is 29.8 Å². The minimum Gasteiger partial charge on any atom is -0.480 e. The first-order chi connectivity index (χ1) is 9.49. The Morgan fingerprint density at radius 3 is 2.70 bits per heavy atom. The fourth-order valence-corrected chi connectivity index (χ4v) is 2.87. The average molecular weight is 276 g/mol. The van der Waals surface area contributed by atoms with Crippen LogP contribution in [0.5, 0.6) is 0 Å². The highest BCUT2D eigenvalue weighted by Gasteiger charge is 2.51. The number of hydrogen-bond donors (Lipinski definition) is 2. The predicted molar refractivity (Wildman–Crippen MR) is 81.2 cm³/mol. The number of carbonyl (C=O) groups is 1. The van der Waals surface area contributed by atoms with E-state index in [0.717, 1.165) is 18.5 Å². The smallest absolute Gasteiger partial charge is 0.326 e. The van der Waals surface area contributed by atoms with Gasteiger partial charge in [0.25, 0.3) is 0 Å². The molecule has 1 fully saturated rings. The molecule has 2 N–H and O–H groups in total. The summed E-state index contributed by atoms with van der Waals surface area (Å²) >= 11 is 0. The monoisotopic (exact) mass is 276 g/mol. The zero-order valence-electron chi connectivity index (χ0n) is 12.5. The fourth-order valence-electron chi connectivity index (χ4n) is 2.87. The zero-order chi connectivity index (χ0) is 14.8. The predicted octanol–water partition coefficient (Wildman–Crippen LogP) is 2.27. The molecule has 1 aromatic rings. The molecule has 0 saturated heterocycles. The first-order valence-electron chi connectivity index (χ1n) is 7.26. The maximum Gasteiger partial charge on any atom is 0.326 e. The van der Waals surface area contributed by atoms with Gasteiger partial charge < -0.3 is 15.3 Å². The third-order valence-corrected chi connectivity index (χ3v) is 4.08. The molecule has 1 saturated carbocycles. The van der Waals surface area contributed by atoms with Crippen LogP contribution in [0.2, 0.25) is 0 Å². The van der Waals surface area contributed by atoms with Gasteiger partial charge in [0.1, 0.15) is 5.54 Å². The van der Waals surface area contributed by atoms with Gasteiger partial charge in [-0.25, -0.2) is 0 Å². The van der Waals surface area contributed by atoms with E-state index in [1.807, 2.05) is 44.0 Å². The number of carboxylic acid groups (broad SMARTS) is 1. The Balaban J connectivity index is 2.21. The normalized spacial score (nSPS) is 17.6. The van der Waals surface area contributed by atoms with Gasteiger partial charge in [0.15, 0.2) is 0 Å². The first-order valence-corrected chi connectivity index (χ1v) is 7.26. The molecule has 0 amide bonds. The summed E-state index contributed by atoms with van der Waals surface area (Å²) in [6, 6.07) is 8.17. The SMILES string of the molecule is CCNC(CN(C)c1cccc(C)c1)(C(=O)O)C1CC1. The van der Waals surface area contributed by atoms with Crippen LogP contribution in [0.1, 0.15) is 25.3 Å². The molecule has 0 aromatic heterocycles. The number of anilines is 1. The lowest BCUT2D eigenvalue weighted by atomic mass is 9.92. The van der Waals surface area contributed by atoms with Gasteiger partial charge in [-0.15, -0.1) is 0 Å². The number of nitrogens with zero attached hydrogens (tertiary/aromatic N) is 1. The molecular weight excluding hydrogens is 252 g/mol. The van der Waals surface area contributed by atoms with Crippen LogP contribution in [0.25, 0.3) is 0 Å². The van der Waals surface area contributed by atoms with Crippen molar-refractivity contribution in [2.24, 2.45) is 5.92 Å². The molecule has 4 nitrogen and oxygen atoms in total. The lowest BCUT2D eigenvalue weighted by Crippen LogP contribution is -2.60. The largest absolute Gasteiger partial charge is 0.480 e. The highest BCUT2D eigenvalue weighted by molar-refractivity contribution is 5.81. The van der Waals surface area contributed by atoms with Crippen molar-refractivity contribution in [2.75, 3.05) is 25.0 Å². The van der Waals surface area contributed by atoms with Crippen LogP contribution < -0.4 is 10.2 Å². The number of benzene rings is 1. The van der Waals surface area contributed by atoms with Crippen LogP contribution in [-0.4, -0.2) is 36.8 Å². The third kappa shape index (κ3) is 2.96. The Labute approximate surface area is 120 Å². The molecule has 0 radical (unpaired) electrons. The van der Waals surface area contributed by atoms with Gasteiger partial charge in [0.2, 0.25) is 0 Å². The van der Waals surface area contributed by atoms with Crippen LogP contribution in [-0.2, 0) is 4.79 Å². The van der Waals surface area contributed by atoms with Crippen molar-refractivity contribution >= 4 is 11.7 Å². The van der Waals surface area contributed by atoms with Gasteiger partial charge in [-0.2, -0.15) is 0 Å². The van der Waals surface area contributed by atoms with Crippen LogP contribution in [0.4, 0.5) is 5.69 Å². The van der Waals surface area contributed by atoms with Gasteiger partial charge in [-0.1, -0.05) is 19.1 Å². The van der Waals surface area contributed by atoms with E-state index in [9.17, 15) is 9.90 Å². The van der Waals surface area contributed by atoms with E-state index in [1.54, 1.807) is 0 Å². The van der Waals surface area contributed by atoms with Crippen LogP contribution in [0.15, 0.2) is 24.3 Å². The van der Waals surface area contributed by atoms with Crippen LogP contribution >= 0.6 is 0 Å². The maximum absolute atomic E-state index is 11.8. The zero-order valence-corrected chi connectivity index (χ0v) is 12.5. The summed E-state index contributed by atoms with van der Waals surface area (Å²) in [5.41, 5.74) is 1.42. The molecule has 0 aliphatic heterocycles. The Hall–Kier alpha value is -1.55. The van der Waals surface area contributed by atoms with E-state index in [2.05, 4.69) is 11.4 Å². The van der Waals surface area contributed by atoms with Crippen molar-refractivity contribution in [1.82, 2.24) is 5.32 Å². The molecule has 1 unspecified atom stereocenters. The maximum atomic E-state index is 11.8. The van der Waals surface area contributed by atoms with Crippen LogP contribution in [0.3, 0.4) is 0 Å². The van der Waals surface area contributed by atoms with Gasteiger partial charge in [-0.05, 0) is 49.9 Å². The molecule has 0 spiro atoms. The van der Waals surface area contributed by atoms with E-state index in [-0.39, 0.29) is 5.92 Å². The standard InChI is InChI=1S/C16H24N2O2/c1-4-17-16(15(19)20,13-8-9-13)11-18(3)14-7-5-6-12(2)10-14/h5-7,10,13,17H,4,8-9,11H2,1-3H3,(H,19,20). The lowest BCUT2D eigenvalue weighted by Gasteiger charge is -2.35. The Morgan fingerprint density at radius 2 is 2.20 bits per heavy atom. The van der Waals surface area contributed by atoms with E-state index in [4.69, 9.17) is 0 Å². The third-order valence-electron chi connectivity index (χ3n) is 4.08. The number of carboxylic acids is 1. The minimum atomic E-state index is -0.826. The summed E-state index contributed by atoms with van der Waals surface area (Å²) in [6.07, 6.45) is 2.00. The molecule has 4 heteroatoms. The summed E-state index contributed by atoms with van der Waals surface area (Å²) in [5.74, 6) is -0.492. The Kier molecular flexibility index (Phi) is 4.33. The molecule has 1 atom stereocenters. The number of hydrogen-bond acceptors (Lipinski definition) is 3. The van der Waals surface area contributed by atoms with Gasteiger partial charge in [-0.3, -0.25) is 4.79 Å². The highest BCUT2D eigenvalue weighted by Crippen LogP contribution is 2.40. The number of rotatable bonds is 7. The molecule has 1 aliphatic carbocycles. The summed E-state index contributed by atoms with van der Waals surface area (Å²) in [5, 5.41) is 13.0.